The number of hydrogen-bond donors (Lipinski definition) is 1. The van der Waals surface area contributed by atoms with Crippen LogP contribution in [0.15, 0.2) is 24.3 Å². The number of carboxylic acids is 1. The smallest absolute Gasteiger partial charge is 0.378 e. The minimum absolute atomic E-state index is 0.161. The summed E-state index contributed by atoms with van der Waals surface area (Å²) in [7, 11) is 0. The van der Waals surface area contributed by atoms with E-state index in [9.17, 15) is 23.2 Å². The van der Waals surface area contributed by atoms with E-state index in [1.807, 2.05) is 0 Å². The lowest BCUT2D eigenvalue weighted by molar-refractivity contribution is -0.170. The Morgan fingerprint density at radius 2 is 1.52 bits per heavy atom. The molecule has 0 aliphatic carbocycles. The van der Waals surface area contributed by atoms with Gasteiger partial charge in [0.05, 0.1) is 11.1 Å². The summed E-state index contributed by atoms with van der Waals surface area (Å²) in [5, 5.41) is 8.28. The van der Waals surface area contributed by atoms with Crippen molar-refractivity contribution in [3.63, 3.8) is 0 Å². The van der Waals surface area contributed by atoms with Crippen LogP contribution >= 0.6 is 0 Å². The lowest BCUT2D eigenvalue weighted by Gasteiger charge is -2.20. The van der Waals surface area contributed by atoms with Gasteiger partial charge < -0.3 is 14.6 Å². The number of alkyl halides is 2. The first-order valence-electron chi connectivity index (χ1n) is 6.55. The molecule has 0 saturated carbocycles. The first-order chi connectivity index (χ1) is 10.4. The van der Waals surface area contributed by atoms with E-state index in [0.29, 0.717) is 0 Å². The molecule has 23 heavy (non-hydrogen) atoms. The van der Waals surface area contributed by atoms with Crippen molar-refractivity contribution in [3.05, 3.63) is 35.4 Å². The van der Waals surface area contributed by atoms with Crippen molar-refractivity contribution in [3.8, 4) is 0 Å². The van der Waals surface area contributed by atoms with Gasteiger partial charge in [-0.25, -0.2) is 14.4 Å². The average Bonchev–Trinajstić information content (AvgIpc) is 2.42. The molecule has 0 aliphatic rings. The summed E-state index contributed by atoms with van der Waals surface area (Å²) >= 11 is 0. The van der Waals surface area contributed by atoms with Gasteiger partial charge in [-0.2, -0.15) is 8.78 Å². The van der Waals surface area contributed by atoms with Gasteiger partial charge >= 0.3 is 23.8 Å². The third-order valence-electron chi connectivity index (χ3n) is 2.46. The molecule has 6 nitrogen and oxygen atoms in total. The van der Waals surface area contributed by atoms with Crippen LogP contribution in [0.5, 0.6) is 0 Å². The maximum Gasteiger partial charge on any atom is 0.378 e. The van der Waals surface area contributed by atoms with Crippen LogP contribution in [0.1, 0.15) is 41.5 Å². The molecule has 0 heterocycles. The number of carbonyl (C=O) groups excluding carboxylic acids is 2. The van der Waals surface area contributed by atoms with E-state index in [0.717, 1.165) is 0 Å². The lowest BCUT2D eigenvalue weighted by atomic mass is 10.1. The van der Waals surface area contributed by atoms with Crippen molar-refractivity contribution in [2.45, 2.75) is 32.3 Å². The van der Waals surface area contributed by atoms with Crippen molar-refractivity contribution >= 4 is 17.9 Å². The SMILES string of the molecule is CC(C)(C)OC(=O)c1ccccc1C(=O)OCC(F)(F)C(=O)O. The van der Waals surface area contributed by atoms with E-state index in [4.69, 9.17) is 9.84 Å². The molecule has 0 saturated heterocycles. The van der Waals surface area contributed by atoms with Crippen molar-refractivity contribution in [2.24, 2.45) is 0 Å². The standard InChI is InChI=1S/C15H16F2O6/c1-14(2,3)23-12(19)10-7-5-4-6-9(10)11(18)22-8-15(16,17)13(20)21/h4-7H,8H2,1-3H3,(H,20,21). The van der Waals surface area contributed by atoms with Crippen LogP contribution in [0.2, 0.25) is 0 Å². The number of benzene rings is 1. The summed E-state index contributed by atoms with van der Waals surface area (Å²) in [6.45, 7) is 3.24. The fourth-order valence-electron chi connectivity index (χ4n) is 1.47. The second-order valence-corrected chi connectivity index (χ2v) is 5.63. The molecule has 0 amide bonds. The topological polar surface area (TPSA) is 89.9 Å². The van der Waals surface area contributed by atoms with E-state index in [2.05, 4.69) is 4.74 Å². The van der Waals surface area contributed by atoms with Gasteiger partial charge in [0.2, 0.25) is 0 Å². The molecule has 1 aromatic rings. The van der Waals surface area contributed by atoms with Gasteiger partial charge in [-0.05, 0) is 32.9 Å². The van der Waals surface area contributed by atoms with E-state index in [-0.39, 0.29) is 11.1 Å². The van der Waals surface area contributed by atoms with Gasteiger partial charge in [-0.1, -0.05) is 12.1 Å². The number of carboxylic acid groups (broad SMARTS) is 1. The molecule has 0 aromatic heterocycles. The zero-order valence-corrected chi connectivity index (χ0v) is 12.8. The highest BCUT2D eigenvalue weighted by atomic mass is 19.3. The molecular weight excluding hydrogens is 314 g/mol. The Balaban J connectivity index is 2.94. The van der Waals surface area contributed by atoms with Crippen LogP contribution in [0.3, 0.4) is 0 Å². The predicted molar refractivity (Wildman–Crippen MR) is 74.5 cm³/mol. The van der Waals surface area contributed by atoms with E-state index in [1.54, 1.807) is 20.8 Å². The van der Waals surface area contributed by atoms with Crippen LogP contribution in [0.4, 0.5) is 8.78 Å². The summed E-state index contributed by atoms with van der Waals surface area (Å²) in [5.74, 6) is -8.69. The minimum atomic E-state index is -4.21. The quantitative estimate of drug-likeness (QED) is 0.834. The fraction of sp³-hybridized carbons (Fsp3) is 0.400. The van der Waals surface area contributed by atoms with Gasteiger partial charge in [-0.15, -0.1) is 0 Å². The molecule has 0 unspecified atom stereocenters. The largest absolute Gasteiger partial charge is 0.477 e. The summed E-state index contributed by atoms with van der Waals surface area (Å²) in [5.41, 5.74) is -1.27. The zero-order chi connectivity index (χ0) is 17.8. The Bertz CT molecular complexity index is 619. The van der Waals surface area contributed by atoms with Crippen molar-refractivity contribution in [2.75, 3.05) is 6.61 Å². The molecule has 0 atom stereocenters. The van der Waals surface area contributed by atoms with Gasteiger partial charge in [0, 0.05) is 0 Å². The Hall–Kier alpha value is -2.51. The van der Waals surface area contributed by atoms with E-state index in [1.165, 1.54) is 24.3 Å². The minimum Gasteiger partial charge on any atom is -0.477 e. The Morgan fingerprint density at radius 3 is 1.96 bits per heavy atom. The first kappa shape index (κ1) is 18.5. The molecule has 0 spiro atoms. The lowest BCUT2D eigenvalue weighted by Crippen LogP contribution is -2.35. The van der Waals surface area contributed by atoms with Gasteiger partial charge in [0.25, 0.3) is 0 Å². The molecule has 1 N–H and O–H groups in total. The Kier molecular flexibility index (Phi) is 5.42. The number of esters is 2. The van der Waals surface area contributed by atoms with E-state index < -0.39 is 36.0 Å². The van der Waals surface area contributed by atoms with E-state index >= 15 is 0 Å². The molecule has 0 bridgehead atoms. The molecule has 0 radical (unpaired) electrons. The van der Waals surface area contributed by atoms with Crippen LogP contribution in [-0.4, -0.2) is 41.1 Å². The fourth-order valence-corrected chi connectivity index (χ4v) is 1.47. The summed E-state index contributed by atoms with van der Waals surface area (Å²) in [4.78, 5) is 34.2. The summed E-state index contributed by atoms with van der Waals surface area (Å²) in [6, 6.07) is 5.34. The van der Waals surface area contributed by atoms with Crippen molar-refractivity contribution < 1.29 is 37.7 Å². The second-order valence-electron chi connectivity index (χ2n) is 5.63. The molecule has 1 rings (SSSR count). The Labute approximate surface area is 131 Å². The van der Waals surface area contributed by atoms with Crippen LogP contribution in [-0.2, 0) is 14.3 Å². The second kappa shape index (κ2) is 6.72. The average molecular weight is 330 g/mol. The maximum atomic E-state index is 12.9. The summed E-state index contributed by atoms with van der Waals surface area (Å²) < 4.78 is 35.3. The monoisotopic (exact) mass is 330 g/mol. The number of hydrogen-bond acceptors (Lipinski definition) is 5. The Morgan fingerprint density at radius 1 is 1.04 bits per heavy atom. The number of rotatable bonds is 5. The highest BCUT2D eigenvalue weighted by Gasteiger charge is 2.40. The highest BCUT2D eigenvalue weighted by molar-refractivity contribution is 6.03. The summed E-state index contributed by atoms with van der Waals surface area (Å²) in [6.07, 6.45) is 0. The van der Waals surface area contributed by atoms with Crippen LogP contribution in [0.25, 0.3) is 0 Å². The van der Waals surface area contributed by atoms with Gasteiger partial charge in [-0.3, -0.25) is 0 Å². The number of aliphatic carboxylic acids is 1. The molecular formula is C15H16F2O6. The molecule has 126 valence electrons. The van der Waals surface area contributed by atoms with Gasteiger partial charge in [0.1, 0.15) is 5.60 Å². The molecule has 0 fully saturated rings. The number of carbonyl (C=O) groups is 3. The third kappa shape index (κ3) is 5.32. The molecule has 0 aliphatic heterocycles. The molecule has 1 aromatic carbocycles. The third-order valence-corrected chi connectivity index (χ3v) is 2.46. The maximum absolute atomic E-state index is 12.9. The highest BCUT2D eigenvalue weighted by Crippen LogP contribution is 2.19. The van der Waals surface area contributed by atoms with Crippen LogP contribution in [0, 0.1) is 0 Å². The zero-order valence-electron chi connectivity index (χ0n) is 12.8. The van der Waals surface area contributed by atoms with Gasteiger partial charge in [0.15, 0.2) is 6.61 Å². The molecule has 8 heteroatoms. The number of halogens is 2. The van der Waals surface area contributed by atoms with Crippen LogP contribution < -0.4 is 0 Å². The normalized spacial score (nSPS) is 11.7. The number of ether oxygens (including phenoxy) is 2. The van der Waals surface area contributed by atoms with Crippen molar-refractivity contribution in [1.29, 1.82) is 0 Å². The first-order valence-corrected chi connectivity index (χ1v) is 6.55. The van der Waals surface area contributed by atoms with Crippen molar-refractivity contribution in [1.82, 2.24) is 0 Å². The predicted octanol–water partition coefficient (Wildman–Crippen LogP) is 2.52.